The van der Waals surface area contributed by atoms with Gasteiger partial charge in [0.1, 0.15) is 12.6 Å². The Bertz CT molecular complexity index is 1520. The van der Waals surface area contributed by atoms with Gasteiger partial charge in [0.2, 0.25) is 11.8 Å². The molecule has 0 aromatic heterocycles. The van der Waals surface area contributed by atoms with Crippen molar-refractivity contribution >= 4 is 27.5 Å². The molecule has 7 nitrogen and oxygen atoms in total. The van der Waals surface area contributed by atoms with Gasteiger partial charge in [0.05, 0.1) is 16.1 Å². The summed E-state index contributed by atoms with van der Waals surface area (Å²) >= 11 is 0. The van der Waals surface area contributed by atoms with Gasteiger partial charge in [0.15, 0.2) is 0 Å². The molecule has 2 amide bonds. The monoisotopic (exact) mass is 617 g/mol. The number of hydrogen-bond acceptors (Lipinski definition) is 4. The summed E-state index contributed by atoms with van der Waals surface area (Å²) in [6, 6.07) is 16.0. The molecule has 0 aliphatic carbocycles. The number of nitrogens with zero attached hydrogens (tertiary/aromatic N) is 2. The molecular weight excluding hydrogens is 579 g/mol. The number of benzene rings is 3. The molecule has 43 heavy (non-hydrogen) atoms. The number of rotatable bonds is 12. The third kappa shape index (κ3) is 8.59. The molecule has 3 aromatic carbocycles. The van der Waals surface area contributed by atoms with Crippen LogP contribution in [0, 0.1) is 19.8 Å². The van der Waals surface area contributed by atoms with E-state index in [1.165, 1.54) is 23.1 Å². The molecule has 0 heterocycles. The van der Waals surface area contributed by atoms with E-state index in [9.17, 15) is 31.2 Å². The van der Waals surface area contributed by atoms with Crippen molar-refractivity contribution in [2.24, 2.45) is 5.92 Å². The summed E-state index contributed by atoms with van der Waals surface area (Å²) in [5.74, 6) is -0.980. The normalized spacial score (nSPS) is 12.6. The lowest BCUT2D eigenvalue weighted by Gasteiger charge is -2.33. The van der Waals surface area contributed by atoms with Crippen molar-refractivity contribution in [2.45, 2.75) is 64.7 Å². The third-order valence-electron chi connectivity index (χ3n) is 7.02. The molecule has 0 bridgehead atoms. The molecule has 0 fully saturated rings. The Hall–Kier alpha value is -3.86. The number of hydrogen-bond donors (Lipinski definition) is 1. The van der Waals surface area contributed by atoms with Crippen LogP contribution in [0.5, 0.6) is 0 Å². The van der Waals surface area contributed by atoms with E-state index < -0.39 is 46.2 Å². The van der Waals surface area contributed by atoms with Crippen LogP contribution < -0.4 is 9.62 Å². The Morgan fingerprint density at radius 2 is 1.58 bits per heavy atom. The highest BCUT2D eigenvalue weighted by Crippen LogP contribution is 2.33. The first-order chi connectivity index (χ1) is 20.1. The number of sulfonamides is 1. The van der Waals surface area contributed by atoms with Gasteiger partial charge in [-0.15, -0.1) is 0 Å². The van der Waals surface area contributed by atoms with Crippen LogP contribution in [0.4, 0.5) is 18.9 Å². The maximum atomic E-state index is 14.1. The van der Waals surface area contributed by atoms with Crippen molar-refractivity contribution in [1.82, 2.24) is 10.2 Å². The highest BCUT2D eigenvalue weighted by atomic mass is 32.2. The minimum atomic E-state index is -4.74. The van der Waals surface area contributed by atoms with Crippen LogP contribution in [0.25, 0.3) is 0 Å². The number of aryl methyl sites for hydroxylation is 2. The zero-order chi connectivity index (χ0) is 31.9. The van der Waals surface area contributed by atoms with E-state index in [0.29, 0.717) is 16.9 Å². The van der Waals surface area contributed by atoms with Crippen molar-refractivity contribution in [1.29, 1.82) is 0 Å². The standard InChI is InChI=1S/C32H38F3N3O4S/c1-6-29(31(40)36-19-22(2)3)37(20-25-11-8-7-10-24(25)5)30(39)21-38(27-13-9-12-26(18-27)32(33,34)35)43(41,42)28-16-14-23(4)15-17-28/h7-18,22,29H,6,19-21H2,1-5H3,(H,36,40)/t29-/m1/s1. The number of anilines is 1. The number of carbonyl (C=O) groups is 2. The van der Waals surface area contributed by atoms with E-state index in [-0.39, 0.29) is 29.5 Å². The minimum absolute atomic E-state index is 0.000121. The Balaban J connectivity index is 2.12. The van der Waals surface area contributed by atoms with Gasteiger partial charge in [-0.25, -0.2) is 8.42 Å². The minimum Gasteiger partial charge on any atom is -0.354 e. The fourth-order valence-corrected chi connectivity index (χ4v) is 5.92. The summed E-state index contributed by atoms with van der Waals surface area (Å²) < 4.78 is 69.5. The van der Waals surface area contributed by atoms with E-state index >= 15 is 0 Å². The maximum Gasteiger partial charge on any atom is 0.416 e. The fourth-order valence-electron chi connectivity index (χ4n) is 4.52. The summed E-state index contributed by atoms with van der Waals surface area (Å²) in [5, 5.41) is 2.85. The topological polar surface area (TPSA) is 86.8 Å². The number of carbonyl (C=O) groups excluding carboxylic acids is 2. The average molecular weight is 618 g/mol. The second-order valence-electron chi connectivity index (χ2n) is 10.9. The molecule has 3 rings (SSSR count). The van der Waals surface area contributed by atoms with Crippen LogP contribution in [0.1, 0.15) is 49.4 Å². The summed E-state index contributed by atoms with van der Waals surface area (Å²) in [4.78, 5) is 28.5. The van der Waals surface area contributed by atoms with Crippen LogP contribution in [-0.4, -0.2) is 44.3 Å². The molecule has 0 aliphatic heterocycles. The van der Waals surface area contributed by atoms with E-state index in [1.807, 2.05) is 39.0 Å². The first-order valence-corrected chi connectivity index (χ1v) is 15.5. The first kappa shape index (κ1) is 33.6. The zero-order valence-corrected chi connectivity index (χ0v) is 25.8. The highest BCUT2D eigenvalue weighted by molar-refractivity contribution is 7.92. The molecule has 0 unspecified atom stereocenters. The molecule has 0 radical (unpaired) electrons. The zero-order valence-electron chi connectivity index (χ0n) is 25.0. The van der Waals surface area contributed by atoms with Crippen molar-refractivity contribution in [3.63, 3.8) is 0 Å². The van der Waals surface area contributed by atoms with Gasteiger partial charge in [-0.2, -0.15) is 13.2 Å². The lowest BCUT2D eigenvalue weighted by molar-refractivity contribution is -0.140. The molecule has 11 heteroatoms. The van der Waals surface area contributed by atoms with Gasteiger partial charge in [-0.05, 0) is 67.6 Å². The molecule has 0 spiro atoms. The van der Waals surface area contributed by atoms with Gasteiger partial charge < -0.3 is 10.2 Å². The summed E-state index contributed by atoms with van der Waals surface area (Å²) in [6.45, 7) is 8.78. The molecule has 0 saturated heterocycles. The van der Waals surface area contributed by atoms with Gasteiger partial charge in [0.25, 0.3) is 10.0 Å². The molecular formula is C32H38F3N3O4S. The Kier molecular flexibility index (Phi) is 11.0. The van der Waals surface area contributed by atoms with Crippen LogP contribution in [0.2, 0.25) is 0 Å². The summed E-state index contributed by atoms with van der Waals surface area (Å²) in [5.41, 5.74) is 1.01. The maximum absolute atomic E-state index is 14.1. The number of halogens is 3. The predicted molar refractivity (Wildman–Crippen MR) is 161 cm³/mol. The highest BCUT2D eigenvalue weighted by Gasteiger charge is 2.36. The Labute approximate surface area is 251 Å². The summed E-state index contributed by atoms with van der Waals surface area (Å²) in [6.07, 6.45) is -4.51. The SMILES string of the molecule is CC[C@H](C(=O)NCC(C)C)N(Cc1ccccc1C)C(=O)CN(c1cccc(C(F)(F)F)c1)S(=O)(=O)c1ccc(C)cc1. The molecule has 3 aromatic rings. The number of amides is 2. The lowest BCUT2D eigenvalue weighted by atomic mass is 10.1. The second kappa shape index (κ2) is 14.1. The van der Waals surface area contributed by atoms with Crippen LogP contribution in [0.15, 0.2) is 77.7 Å². The van der Waals surface area contributed by atoms with Crippen molar-refractivity contribution in [2.75, 3.05) is 17.4 Å². The molecule has 1 atom stereocenters. The van der Waals surface area contributed by atoms with Crippen LogP contribution >= 0.6 is 0 Å². The van der Waals surface area contributed by atoms with Crippen LogP contribution in [-0.2, 0) is 32.3 Å². The van der Waals surface area contributed by atoms with Gasteiger partial charge in [-0.1, -0.05) is 68.8 Å². The van der Waals surface area contributed by atoms with Gasteiger partial charge in [0, 0.05) is 13.1 Å². The lowest BCUT2D eigenvalue weighted by Crippen LogP contribution is -2.52. The van der Waals surface area contributed by atoms with E-state index in [0.717, 1.165) is 28.8 Å². The molecule has 232 valence electrons. The number of nitrogens with one attached hydrogen (secondary N) is 1. The van der Waals surface area contributed by atoms with E-state index in [1.54, 1.807) is 32.0 Å². The number of alkyl halides is 3. The Morgan fingerprint density at radius 1 is 0.930 bits per heavy atom. The first-order valence-electron chi connectivity index (χ1n) is 14.0. The van der Waals surface area contributed by atoms with Crippen molar-refractivity contribution in [3.8, 4) is 0 Å². The van der Waals surface area contributed by atoms with Crippen LogP contribution in [0.3, 0.4) is 0 Å². The second-order valence-corrected chi connectivity index (χ2v) is 12.7. The Morgan fingerprint density at radius 3 is 2.16 bits per heavy atom. The van der Waals surface area contributed by atoms with E-state index in [4.69, 9.17) is 0 Å². The van der Waals surface area contributed by atoms with Crippen molar-refractivity contribution < 1.29 is 31.2 Å². The summed E-state index contributed by atoms with van der Waals surface area (Å²) in [7, 11) is -4.50. The molecule has 1 N–H and O–H groups in total. The van der Waals surface area contributed by atoms with Crippen molar-refractivity contribution in [3.05, 3.63) is 95.1 Å². The smallest absolute Gasteiger partial charge is 0.354 e. The molecule has 0 saturated carbocycles. The largest absolute Gasteiger partial charge is 0.416 e. The van der Waals surface area contributed by atoms with Gasteiger partial charge >= 0.3 is 6.18 Å². The third-order valence-corrected chi connectivity index (χ3v) is 8.81. The van der Waals surface area contributed by atoms with E-state index in [2.05, 4.69) is 5.32 Å². The molecule has 0 aliphatic rings. The fraction of sp³-hybridized carbons (Fsp3) is 0.375. The predicted octanol–water partition coefficient (Wildman–Crippen LogP) is 6.10. The average Bonchev–Trinajstić information content (AvgIpc) is 2.95. The quantitative estimate of drug-likeness (QED) is 0.266. The van der Waals surface area contributed by atoms with Gasteiger partial charge in [-0.3, -0.25) is 13.9 Å².